The Morgan fingerprint density at radius 3 is 2.21 bits per heavy atom. The number of primary sulfonamides is 1. The first-order valence-electron chi connectivity index (χ1n) is 6.61. The van der Waals surface area contributed by atoms with E-state index < -0.39 is 26.1 Å². The van der Waals surface area contributed by atoms with Crippen LogP contribution >= 0.6 is 23.2 Å². The lowest BCUT2D eigenvalue weighted by atomic mass is 10.1. The van der Waals surface area contributed by atoms with Crippen LogP contribution in [0.5, 0.6) is 0 Å². The van der Waals surface area contributed by atoms with Crippen LogP contribution in [0, 0.1) is 0 Å². The molecular weight excluding hydrogens is 395 g/mol. The smallest absolute Gasteiger partial charge is 0.225 e. The molecule has 2 rings (SSSR count). The minimum atomic E-state index is -4.01. The standard InChI is InChI=1S/C14H14Cl2N2O4S2/c1-9(13-6-5-10(15)7-14(13)16)18-24(21,22)12-4-2-3-11(8-12)23(17,19)20/h2-9,18H,1H3,(H2,17,19,20). The van der Waals surface area contributed by atoms with Gasteiger partial charge in [-0.3, -0.25) is 0 Å². The van der Waals surface area contributed by atoms with Crippen molar-refractivity contribution in [2.75, 3.05) is 0 Å². The van der Waals surface area contributed by atoms with Crippen molar-refractivity contribution < 1.29 is 16.8 Å². The molecule has 0 radical (unpaired) electrons. The zero-order valence-electron chi connectivity index (χ0n) is 12.4. The highest BCUT2D eigenvalue weighted by Crippen LogP contribution is 2.27. The Labute approximate surface area is 150 Å². The molecule has 0 saturated heterocycles. The maximum atomic E-state index is 12.5. The second-order valence-electron chi connectivity index (χ2n) is 5.03. The van der Waals surface area contributed by atoms with Crippen LogP contribution in [0.25, 0.3) is 0 Å². The van der Waals surface area contributed by atoms with Gasteiger partial charge in [-0.25, -0.2) is 26.7 Å². The lowest BCUT2D eigenvalue weighted by Crippen LogP contribution is -2.27. The summed E-state index contributed by atoms with van der Waals surface area (Å²) in [7, 11) is -7.98. The summed E-state index contributed by atoms with van der Waals surface area (Å²) < 4.78 is 50.1. The zero-order chi connectivity index (χ0) is 18.1. The summed E-state index contributed by atoms with van der Waals surface area (Å²) in [5, 5.41) is 5.77. The summed E-state index contributed by atoms with van der Waals surface area (Å²) in [6, 6.07) is 8.83. The summed E-state index contributed by atoms with van der Waals surface area (Å²) in [6.45, 7) is 1.61. The van der Waals surface area contributed by atoms with Crippen molar-refractivity contribution in [3.05, 3.63) is 58.1 Å². The number of rotatable bonds is 5. The molecule has 0 spiro atoms. The molecule has 10 heteroatoms. The molecule has 0 heterocycles. The van der Waals surface area contributed by atoms with E-state index in [1.54, 1.807) is 19.1 Å². The van der Waals surface area contributed by atoms with Gasteiger partial charge in [0.05, 0.1) is 9.79 Å². The van der Waals surface area contributed by atoms with Crippen LogP contribution in [0.2, 0.25) is 10.0 Å². The molecule has 6 nitrogen and oxygen atoms in total. The molecule has 2 aromatic rings. The van der Waals surface area contributed by atoms with Crippen LogP contribution in [0.4, 0.5) is 0 Å². The van der Waals surface area contributed by atoms with Crippen molar-refractivity contribution in [3.63, 3.8) is 0 Å². The van der Waals surface area contributed by atoms with E-state index >= 15 is 0 Å². The van der Waals surface area contributed by atoms with E-state index in [9.17, 15) is 16.8 Å². The number of halogens is 2. The van der Waals surface area contributed by atoms with Crippen LogP contribution in [0.1, 0.15) is 18.5 Å². The minimum absolute atomic E-state index is 0.217. The normalized spacial score (nSPS) is 13.7. The van der Waals surface area contributed by atoms with E-state index in [0.29, 0.717) is 15.6 Å². The van der Waals surface area contributed by atoms with Crippen LogP contribution in [-0.4, -0.2) is 16.8 Å². The summed E-state index contributed by atoms with van der Waals surface area (Å²) >= 11 is 11.9. The highest BCUT2D eigenvalue weighted by molar-refractivity contribution is 7.90. The third-order valence-electron chi connectivity index (χ3n) is 3.21. The van der Waals surface area contributed by atoms with Crippen molar-refractivity contribution in [3.8, 4) is 0 Å². The van der Waals surface area contributed by atoms with Gasteiger partial charge in [-0.15, -0.1) is 0 Å². The van der Waals surface area contributed by atoms with E-state index in [-0.39, 0.29) is 9.79 Å². The van der Waals surface area contributed by atoms with Gasteiger partial charge in [0.1, 0.15) is 0 Å². The molecule has 1 atom stereocenters. The van der Waals surface area contributed by atoms with Crippen molar-refractivity contribution in [2.24, 2.45) is 5.14 Å². The molecule has 24 heavy (non-hydrogen) atoms. The molecule has 0 aliphatic heterocycles. The van der Waals surface area contributed by atoms with Gasteiger partial charge in [0, 0.05) is 16.1 Å². The molecule has 0 fully saturated rings. The molecule has 0 aromatic heterocycles. The zero-order valence-corrected chi connectivity index (χ0v) is 15.5. The molecule has 1 unspecified atom stereocenters. The van der Waals surface area contributed by atoms with Gasteiger partial charge in [0.15, 0.2) is 0 Å². The van der Waals surface area contributed by atoms with E-state index in [2.05, 4.69) is 4.72 Å². The van der Waals surface area contributed by atoms with Gasteiger partial charge in [-0.05, 0) is 42.8 Å². The summed E-state index contributed by atoms with van der Waals surface area (Å²) in [4.78, 5) is -0.506. The molecule has 0 amide bonds. The van der Waals surface area contributed by atoms with Crippen LogP contribution in [-0.2, 0) is 20.0 Å². The molecule has 0 aliphatic rings. The molecule has 0 aliphatic carbocycles. The number of sulfonamides is 2. The molecule has 0 bridgehead atoms. The van der Waals surface area contributed by atoms with Crippen LogP contribution in [0.3, 0.4) is 0 Å². The topological polar surface area (TPSA) is 106 Å². The van der Waals surface area contributed by atoms with E-state index in [1.807, 2.05) is 0 Å². The Balaban J connectivity index is 2.34. The second-order valence-corrected chi connectivity index (χ2v) is 9.15. The number of hydrogen-bond acceptors (Lipinski definition) is 4. The van der Waals surface area contributed by atoms with Crippen LogP contribution in [0.15, 0.2) is 52.3 Å². The first-order valence-corrected chi connectivity index (χ1v) is 10.4. The monoisotopic (exact) mass is 408 g/mol. The maximum absolute atomic E-state index is 12.5. The van der Waals surface area contributed by atoms with Crippen molar-refractivity contribution in [1.29, 1.82) is 0 Å². The summed E-state index contributed by atoms with van der Waals surface area (Å²) in [5.41, 5.74) is 0.534. The summed E-state index contributed by atoms with van der Waals surface area (Å²) in [6.07, 6.45) is 0. The third-order valence-corrected chi connectivity index (χ3v) is 6.22. The van der Waals surface area contributed by atoms with E-state index in [4.69, 9.17) is 28.3 Å². The fourth-order valence-electron chi connectivity index (χ4n) is 2.04. The Kier molecular flexibility index (Phi) is 5.58. The van der Waals surface area contributed by atoms with Gasteiger partial charge in [0.25, 0.3) is 0 Å². The Morgan fingerprint density at radius 2 is 1.62 bits per heavy atom. The molecule has 2 aromatic carbocycles. The van der Waals surface area contributed by atoms with Crippen molar-refractivity contribution >= 4 is 43.2 Å². The van der Waals surface area contributed by atoms with Crippen LogP contribution < -0.4 is 9.86 Å². The average molecular weight is 409 g/mol. The first-order chi connectivity index (χ1) is 11.0. The quantitative estimate of drug-likeness (QED) is 0.792. The van der Waals surface area contributed by atoms with Crippen molar-refractivity contribution in [2.45, 2.75) is 22.8 Å². The Morgan fingerprint density at radius 1 is 1.00 bits per heavy atom. The minimum Gasteiger partial charge on any atom is -0.225 e. The molecule has 130 valence electrons. The third kappa shape index (κ3) is 4.47. The van der Waals surface area contributed by atoms with Gasteiger partial charge in [0.2, 0.25) is 20.0 Å². The molecule has 3 N–H and O–H groups in total. The van der Waals surface area contributed by atoms with E-state index in [0.717, 1.165) is 6.07 Å². The molecular formula is C14H14Cl2N2O4S2. The number of nitrogens with one attached hydrogen (secondary N) is 1. The maximum Gasteiger partial charge on any atom is 0.241 e. The largest absolute Gasteiger partial charge is 0.241 e. The van der Waals surface area contributed by atoms with E-state index in [1.165, 1.54) is 24.3 Å². The fourth-order valence-corrected chi connectivity index (χ4v) is 4.51. The van der Waals surface area contributed by atoms with Gasteiger partial charge in [-0.1, -0.05) is 35.3 Å². The highest BCUT2D eigenvalue weighted by Gasteiger charge is 2.21. The predicted octanol–water partition coefficient (Wildman–Crippen LogP) is 2.68. The van der Waals surface area contributed by atoms with Gasteiger partial charge >= 0.3 is 0 Å². The van der Waals surface area contributed by atoms with Crippen molar-refractivity contribution in [1.82, 2.24) is 4.72 Å². The SMILES string of the molecule is CC(NS(=O)(=O)c1cccc(S(N)(=O)=O)c1)c1ccc(Cl)cc1Cl. The Hall–Kier alpha value is -1.16. The highest BCUT2D eigenvalue weighted by atomic mass is 35.5. The lowest BCUT2D eigenvalue weighted by molar-refractivity contribution is 0.566. The number of nitrogens with two attached hydrogens (primary N) is 1. The Bertz CT molecular complexity index is 976. The fraction of sp³-hybridized carbons (Fsp3) is 0.143. The number of hydrogen-bond donors (Lipinski definition) is 2. The van der Waals surface area contributed by atoms with Gasteiger partial charge in [-0.2, -0.15) is 0 Å². The molecule has 0 saturated carbocycles. The predicted molar refractivity (Wildman–Crippen MR) is 93.0 cm³/mol. The summed E-state index contributed by atoms with van der Waals surface area (Å²) in [5.74, 6) is 0. The first kappa shape index (κ1) is 19.2. The van der Waals surface area contributed by atoms with Gasteiger partial charge < -0.3 is 0 Å². The number of benzene rings is 2. The lowest BCUT2D eigenvalue weighted by Gasteiger charge is -2.16. The second kappa shape index (κ2) is 6.99. The average Bonchev–Trinajstić information content (AvgIpc) is 2.45.